The molecule has 0 spiro atoms. The van der Waals surface area contributed by atoms with Gasteiger partial charge in [-0.15, -0.1) is 0 Å². The van der Waals surface area contributed by atoms with Gasteiger partial charge in [0.15, 0.2) is 0 Å². The molecule has 2 aromatic rings. The highest BCUT2D eigenvalue weighted by atomic mass is 16.5. The molecule has 0 bridgehead atoms. The molecule has 1 fully saturated rings. The van der Waals surface area contributed by atoms with Crippen LogP contribution in [0.5, 0.6) is 5.75 Å². The van der Waals surface area contributed by atoms with Crippen molar-refractivity contribution < 1.29 is 14.3 Å². The van der Waals surface area contributed by atoms with Gasteiger partial charge in [-0.2, -0.15) is 0 Å². The first kappa shape index (κ1) is 21.9. The number of hydrogen-bond donors (Lipinski definition) is 2. The van der Waals surface area contributed by atoms with Crippen LogP contribution in [0.25, 0.3) is 0 Å². The first-order valence-electron chi connectivity index (χ1n) is 11.0. The molecule has 0 heterocycles. The lowest BCUT2D eigenvalue weighted by molar-refractivity contribution is 0.0927. The normalized spacial score (nSPS) is 14.4. The number of amides is 2. The molecule has 2 aromatic carbocycles. The number of ether oxygens (including phenoxy) is 1. The molecule has 160 valence electrons. The lowest BCUT2D eigenvalue weighted by Crippen LogP contribution is -2.36. The van der Waals surface area contributed by atoms with Gasteiger partial charge >= 0.3 is 0 Å². The summed E-state index contributed by atoms with van der Waals surface area (Å²) >= 11 is 0. The summed E-state index contributed by atoms with van der Waals surface area (Å²) in [6.07, 6.45) is 6.65. The summed E-state index contributed by atoms with van der Waals surface area (Å²) in [5.41, 5.74) is 1.75. The second-order valence-corrected chi connectivity index (χ2v) is 8.37. The Morgan fingerprint density at radius 1 is 0.967 bits per heavy atom. The van der Waals surface area contributed by atoms with Gasteiger partial charge in [0.2, 0.25) is 0 Å². The quantitative estimate of drug-likeness (QED) is 0.612. The summed E-state index contributed by atoms with van der Waals surface area (Å²) in [6.45, 7) is 4.86. The number of anilines is 1. The van der Waals surface area contributed by atoms with E-state index in [0.717, 1.165) is 19.3 Å². The maximum atomic E-state index is 12.7. The highest BCUT2D eigenvalue weighted by molar-refractivity contribution is 6.06. The van der Waals surface area contributed by atoms with Crippen LogP contribution in [0, 0.1) is 5.92 Å². The van der Waals surface area contributed by atoms with E-state index in [1.807, 2.05) is 18.2 Å². The average Bonchev–Trinajstić information content (AvgIpc) is 2.75. The van der Waals surface area contributed by atoms with Crippen molar-refractivity contribution in [3.8, 4) is 5.75 Å². The molecule has 3 rings (SSSR count). The molecular weight excluding hydrogens is 376 g/mol. The van der Waals surface area contributed by atoms with Crippen LogP contribution in [0.1, 0.15) is 73.1 Å². The SMILES string of the molecule is CC(C)CCOc1ccccc1C(=O)Nc1ccc(C(=O)NC2CCCCC2)cc1. The van der Waals surface area contributed by atoms with E-state index in [0.29, 0.717) is 35.1 Å². The molecule has 5 nitrogen and oxygen atoms in total. The van der Waals surface area contributed by atoms with Crippen LogP contribution < -0.4 is 15.4 Å². The Labute approximate surface area is 179 Å². The predicted octanol–water partition coefficient (Wildman–Crippen LogP) is 5.43. The number of hydrogen-bond acceptors (Lipinski definition) is 3. The van der Waals surface area contributed by atoms with Crippen molar-refractivity contribution in [2.24, 2.45) is 5.92 Å². The van der Waals surface area contributed by atoms with Gasteiger partial charge < -0.3 is 15.4 Å². The van der Waals surface area contributed by atoms with E-state index in [1.54, 1.807) is 30.3 Å². The van der Waals surface area contributed by atoms with E-state index in [2.05, 4.69) is 24.5 Å². The molecule has 2 N–H and O–H groups in total. The number of para-hydroxylation sites is 1. The van der Waals surface area contributed by atoms with Gasteiger partial charge in [-0.25, -0.2) is 0 Å². The third kappa shape index (κ3) is 6.34. The Morgan fingerprint density at radius 2 is 1.67 bits per heavy atom. The molecule has 0 aliphatic heterocycles. The van der Waals surface area contributed by atoms with Gasteiger partial charge in [0, 0.05) is 17.3 Å². The largest absolute Gasteiger partial charge is 0.493 e. The molecule has 1 aliphatic rings. The van der Waals surface area contributed by atoms with Crippen LogP contribution in [0.4, 0.5) is 5.69 Å². The number of carbonyl (C=O) groups is 2. The Morgan fingerprint density at radius 3 is 2.37 bits per heavy atom. The molecule has 0 aromatic heterocycles. The molecule has 5 heteroatoms. The predicted molar refractivity (Wildman–Crippen MR) is 120 cm³/mol. The molecule has 0 radical (unpaired) electrons. The van der Waals surface area contributed by atoms with Crippen molar-refractivity contribution in [1.82, 2.24) is 5.32 Å². The second-order valence-electron chi connectivity index (χ2n) is 8.37. The van der Waals surface area contributed by atoms with Crippen LogP contribution in [0.3, 0.4) is 0 Å². The van der Waals surface area contributed by atoms with Crippen LogP contribution in [-0.2, 0) is 0 Å². The molecule has 0 unspecified atom stereocenters. The minimum atomic E-state index is -0.227. The fourth-order valence-electron chi connectivity index (χ4n) is 3.60. The minimum absolute atomic E-state index is 0.0522. The summed E-state index contributed by atoms with van der Waals surface area (Å²) in [7, 11) is 0. The van der Waals surface area contributed by atoms with E-state index in [4.69, 9.17) is 4.74 Å². The van der Waals surface area contributed by atoms with Gasteiger partial charge in [0.25, 0.3) is 11.8 Å². The molecule has 0 atom stereocenters. The number of rotatable bonds is 8. The highest BCUT2D eigenvalue weighted by Gasteiger charge is 2.17. The fourth-order valence-corrected chi connectivity index (χ4v) is 3.60. The molecule has 0 saturated heterocycles. The molecule has 1 aliphatic carbocycles. The van der Waals surface area contributed by atoms with Crippen molar-refractivity contribution in [2.45, 2.75) is 58.4 Å². The lowest BCUT2D eigenvalue weighted by atomic mass is 9.95. The third-order valence-corrected chi connectivity index (χ3v) is 5.43. The zero-order valence-corrected chi connectivity index (χ0v) is 17.9. The second kappa shape index (κ2) is 10.8. The van der Waals surface area contributed by atoms with E-state index in [9.17, 15) is 9.59 Å². The van der Waals surface area contributed by atoms with Gasteiger partial charge in [-0.3, -0.25) is 9.59 Å². The minimum Gasteiger partial charge on any atom is -0.493 e. The zero-order chi connectivity index (χ0) is 21.3. The number of benzene rings is 2. The zero-order valence-electron chi connectivity index (χ0n) is 17.9. The van der Waals surface area contributed by atoms with E-state index >= 15 is 0 Å². The van der Waals surface area contributed by atoms with Crippen LogP contribution >= 0.6 is 0 Å². The summed E-state index contributed by atoms with van der Waals surface area (Å²) < 4.78 is 5.82. The summed E-state index contributed by atoms with van der Waals surface area (Å²) in [5, 5.41) is 6.01. The Hall–Kier alpha value is -2.82. The Balaban J connectivity index is 1.58. The first-order valence-corrected chi connectivity index (χ1v) is 11.0. The molecular formula is C25H32N2O3. The van der Waals surface area contributed by atoms with Crippen molar-refractivity contribution in [1.29, 1.82) is 0 Å². The van der Waals surface area contributed by atoms with E-state index < -0.39 is 0 Å². The van der Waals surface area contributed by atoms with Gasteiger partial charge in [0.1, 0.15) is 5.75 Å². The molecule has 1 saturated carbocycles. The number of carbonyl (C=O) groups excluding carboxylic acids is 2. The summed E-state index contributed by atoms with van der Waals surface area (Å²) in [4.78, 5) is 25.2. The van der Waals surface area contributed by atoms with Crippen LogP contribution in [0.2, 0.25) is 0 Å². The smallest absolute Gasteiger partial charge is 0.259 e. The van der Waals surface area contributed by atoms with Crippen molar-refractivity contribution in [3.63, 3.8) is 0 Å². The van der Waals surface area contributed by atoms with Crippen LogP contribution in [0.15, 0.2) is 48.5 Å². The van der Waals surface area contributed by atoms with E-state index in [-0.39, 0.29) is 17.9 Å². The van der Waals surface area contributed by atoms with Crippen molar-refractivity contribution >= 4 is 17.5 Å². The Kier molecular flexibility index (Phi) is 7.89. The highest BCUT2D eigenvalue weighted by Crippen LogP contribution is 2.21. The monoisotopic (exact) mass is 408 g/mol. The topological polar surface area (TPSA) is 67.4 Å². The Bertz CT molecular complexity index is 840. The van der Waals surface area contributed by atoms with Crippen LogP contribution in [-0.4, -0.2) is 24.5 Å². The van der Waals surface area contributed by atoms with Gasteiger partial charge in [-0.05, 0) is 61.6 Å². The molecule has 2 amide bonds. The fraction of sp³-hybridized carbons (Fsp3) is 0.440. The maximum absolute atomic E-state index is 12.7. The van der Waals surface area contributed by atoms with Gasteiger partial charge in [0.05, 0.1) is 12.2 Å². The number of nitrogens with one attached hydrogen (secondary N) is 2. The van der Waals surface area contributed by atoms with Gasteiger partial charge in [-0.1, -0.05) is 45.2 Å². The average molecular weight is 409 g/mol. The summed E-state index contributed by atoms with van der Waals surface area (Å²) in [5.74, 6) is 0.845. The van der Waals surface area contributed by atoms with Crippen molar-refractivity contribution in [2.75, 3.05) is 11.9 Å². The third-order valence-electron chi connectivity index (χ3n) is 5.43. The lowest BCUT2D eigenvalue weighted by Gasteiger charge is -2.22. The molecule has 30 heavy (non-hydrogen) atoms. The first-order chi connectivity index (χ1) is 14.5. The van der Waals surface area contributed by atoms with Crippen molar-refractivity contribution in [3.05, 3.63) is 59.7 Å². The maximum Gasteiger partial charge on any atom is 0.259 e. The standard InChI is InChI=1S/C25H32N2O3/c1-18(2)16-17-30-23-11-7-6-10-22(23)25(29)27-21-14-12-19(13-15-21)24(28)26-20-8-4-3-5-9-20/h6-7,10-15,18,20H,3-5,8-9,16-17H2,1-2H3,(H,26,28)(H,27,29). The van der Waals surface area contributed by atoms with E-state index in [1.165, 1.54) is 19.3 Å². The summed E-state index contributed by atoms with van der Waals surface area (Å²) in [6, 6.07) is 14.5.